The van der Waals surface area contributed by atoms with E-state index in [1.807, 2.05) is 0 Å². The van der Waals surface area contributed by atoms with Crippen molar-refractivity contribution in [3.05, 3.63) is 87.5 Å². The van der Waals surface area contributed by atoms with Crippen molar-refractivity contribution in [2.45, 2.75) is 13.2 Å². The molecule has 0 radical (unpaired) electrons. The van der Waals surface area contributed by atoms with Crippen LogP contribution in [0.1, 0.15) is 21.9 Å². The van der Waals surface area contributed by atoms with Crippen molar-refractivity contribution in [1.82, 2.24) is 9.80 Å². The van der Waals surface area contributed by atoms with Gasteiger partial charge in [-0.15, -0.1) is 0 Å². The maximum absolute atomic E-state index is 13.2. The van der Waals surface area contributed by atoms with E-state index < -0.39 is 0 Å². The Bertz CT molecular complexity index is 1050. The molecule has 0 saturated carbocycles. The van der Waals surface area contributed by atoms with Crippen LogP contribution in [0, 0.1) is 5.82 Å². The van der Waals surface area contributed by atoms with Gasteiger partial charge in [-0.1, -0.05) is 29.3 Å². The quantitative estimate of drug-likeness (QED) is 0.500. The Morgan fingerprint density at radius 2 is 1.74 bits per heavy atom. The molecule has 1 amide bonds. The van der Waals surface area contributed by atoms with Crippen LogP contribution in [0.5, 0.6) is 5.75 Å². The third-order valence-corrected chi connectivity index (χ3v) is 5.74. The second kappa shape index (κ2) is 9.73. The van der Waals surface area contributed by atoms with Crippen LogP contribution in [0.2, 0.25) is 10.0 Å². The number of amides is 1. The van der Waals surface area contributed by atoms with Crippen LogP contribution in [0.25, 0.3) is 0 Å². The summed E-state index contributed by atoms with van der Waals surface area (Å²) in [6.07, 6.45) is 0. The second-order valence-electron chi connectivity index (χ2n) is 7.31. The van der Waals surface area contributed by atoms with Crippen LogP contribution in [0.4, 0.5) is 4.39 Å². The van der Waals surface area contributed by atoms with Crippen LogP contribution in [0.3, 0.4) is 0 Å². The van der Waals surface area contributed by atoms with Gasteiger partial charge >= 0.3 is 0 Å². The molecule has 1 saturated heterocycles. The molecule has 2 aromatic carbocycles. The van der Waals surface area contributed by atoms with Crippen LogP contribution in [0.15, 0.2) is 59.0 Å². The first-order valence-corrected chi connectivity index (χ1v) is 10.7. The van der Waals surface area contributed by atoms with Gasteiger partial charge in [-0.3, -0.25) is 9.69 Å². The molecule has 0 bridgehead atoms. The molecule has 1 aliphatic rings. The van der Waals surface area contributed by atoms with Gasteiger partial charge in [-0.25, -0.2) is 4.39 Å². The first-order chi connectivity index (χ1) is 15.0. The molecule has 5 nitrogen and oxygen atoms in total. The SMILES string of the molecule is O=C(c1ccc(COc2ccc(Cl)cc2)o1)N1CCN(Cc2ccc(F)cc2Cl)CC1. The summed E-state index contributed by atoms with van der Waals surface area (Å²) in [5.74, 6) is 1.05. The Balaban J connectivity index is 1.28. The van der Waals surface area contributed by atoms with E-state index >= 15 is 0 Å². The Kier molecular flexibility index (Phi) is 6.80. The predicted octanol–water partition coefficient (Wildman–Crippen LogP) is 5.26. The Hall–Kier alpha value is -2.54. The molecule has 4 rings (SSSR count). The standard InChI is InChI=1S/C23H21Cl2FN2O3/c24-17-2-5-19(6-3-17)30-15-20-7-8-22(31-20)23(29)28-11-9-27(10-12-28)14-16-1-4-18(26)13-21(16)25/h1-8,13H,9-12,14-15H2. The summed E-state index contributed by atoms with van der Waals surface area (Å²) in [4.78, 5) is 16.7. The van der Waals surface area contributed by atoms with Crippen molar-refractivity contribution in [2.75, 3.05) is 26.2 Å². The molecule has 1 fully saturated rings. The molecule has 162 valence electrons. The number of furan rings is 1. The molecule has 31 heavy (non-hydrogen) atoms. The lowest BCUT2D eigenvalue weighted by molar-refractivity contribution is 0.0594. The minimum atomic E-state index is -0.347. The number of benzene rings is 2. The number of nitrogens with zero attached hydrogens (tertiary/aromatic N) is 2. The van der Waals surface area contributed by atoms with Crippen molar-refractivity contribution < 1.29 is 18.3 Å². The van der Waals surface area contributed by atoms with Crippen molar-refractivity contribution in [1.29, 1.82) is 0 Å². The fourth-order valence-corrected chi connectivity index (χ4v) is 3.76. The predicted molar refractivity (Wildman–Crippen MR) is 117 cm³/mol. The Labute approximate surface area is 189 Å². The lowest BCUT2D eigenvalue weighted by Gasteiger charge is -2.34. The number of carbonyl (C=O) groups excluding carboxylic acids is 1. The number of ether oxygens (including phenoxy) is 1. The van der Waals surface area contributed by atoms with E-state index in [1.165, 1.54) is 12.1 Å². The van der Waals surface area contributed by atoms with E-state index in [0.29, 0.717) is 60.0 Å². The van der Waals surface area contributed by atoms with Crippen molar-refractivity contribution in [3.63, 3.8) is 0 Å². The van der Waals surface area contributed by atoms with Crippen molar-refractivity contribution in [3.8, 4) is 5.75 Å². The van der Waals surface area contributed by atoms with Crippen LogP contribution >= 0.6 is 23.2 Å². The lowest BCUT2D eigenvalue weighted by atomic mass is 10.2. The first kappa shape index (κ1) is 21.7. The maximum atomic E-state index is 13.2. The summed E-state index contributed by atoms with van der Waals surface area (Å²) in [5, 5.41) is 1.06. The fourth-order valence-electron chi connectivity index (χ4n) is 3.41. The molecule has 0 spiro atoms. The van der Waals surface area contributed by atoms with E-state index in [9.17, 15) is 9.18 Å². The lowest BCUT2D eigenvalue weighted by Crippen LogP contribution is -2.48. The molecule has 8 heteroatoms. The highest BCUT2D eigenvalue weighted by Crippen LogP contribution is 2.21. The number of hydrogen-bond donors (Lipinski definition) is 0. The molecular weight excluding hydrogens is 442 g/mol. The summed E-state index contributed by atoms with van der Waals surface area (Å²) in [5.41, 5.74) is 0.874. The van der Waals surface area contributed by atoms with E-state index in [1.54, 1.807) is 47.4 Å². The molecule has 1 aromatic heterocycles. The molecule has 0 unspecified atom stereocenters. The number of rotatable bonds is 6. The second-order valence-corrected chi connectivity index (χ2v) is 8.16. The number of halogens is 3. The van der Waals surface area contributed by atoms with Gasteiger partial charge in [0.15, 0.2) is 5.76 Å². The fraction of sp³-hybridized carbons (Fsp3) is 0.261. The average molecular weight is 463 g/mol. The highest BCUT2D eigenvalue weighted by Gasteiger charge is 2.24. The van der Waals surface area contributed by atoms with Gasteiger partial charge in [0.05, 0.1) is 0 Å². The molecule has 1 aliphatic heterocycles. The van der Waals surface area contributed by atoms with Gasteiger partial charge < -0.3 is 14.1 Å². The molecule has 0 atom stereocenters. The van der Waals surface area contributed by atoms with E-state index in [2.05, 4.69) is 4.90 Å². The Morgan fingerprint density at radius 1 is 1.00 bits per heavy atom. The zero-order chi connectivity index (χ0) is 21.8. The molecule has 0 aliphatic carbocycles. The molecule has 3 aromatic rings. The summed E-state index contributed by atoms with van der Waals surface area (Å²) < 4.78 is 24.6. The van der Waals surface area contributed by atoms with E-state index in [0.717, 1.165) is 5.56 Å². The summed E-state index contributed by atoms with van der Waals surface area (Å²) in [6, 6.07) is 14.9. The molecule has 2 heterocycles. The van der Waals surface area contributed by atoms with Crippen molar-refractivity contribution in [2.24, 2.45) is 0 Å². The third kappa shape index (κ3) is 5.58. The van der Waals surface area contributed by atoms with Gasteiger partial charge in [0, 0.05) is 42.8 Å². The number of hydrogen-bond acceptors (Lipinski definition) is 4. The third-order valence-electron chi connectivity index (χ3n) is 5.14. The topological polar surface area (TPSA) is 45.9 Å². The summed E-state index contributed by atoms with van der Waals surface area (Å²) in [7, 11) is 0. The summed E-state index contributed by atoms with van der Waals surface area (Å²) in [6.45, 7) is 3.40. The molecule has 0 N–H and O–H groups in total. The van der Waals surface area contributed by atoms with Gasteiger partial charge in [-0.05, 0) is 54.1 Å². The number of carbonyl (C=O) groups is 1. The van der Waals surface area contributed by atoms with Crippen LogP contribution < -0.4 is 4.74 Å². The van der Waals surface area contributed by atoms with Gasteiger partial charge in [-0.2, -0.15) is 0 Å². The first-order valence-electron chi connectivity index (χ1n) is 9.90. The average Bonchev–Trinajstić information content (AvgIpc) is 3.24. The largest absolute Gasteiger partial charge is 0.486 e. The van der Waals surface area contributed by atoms with E-state index in [4.69, 9.17) is 32.4 Å². The minimum absolute atomic E-state index is 0.141. The Morgan fingerprint density at radius 3 is 2.45 bits per heavy atom. The van der Waals surface area contributed by atoms with E-state index in [-0.39, 0.29) is 18.3 Å². The molecular formula is C23H21Cl2FN2O3. The maximum Gasteiger partial charge on any atom is 0.289 e. The smallest absolute Gasteiger partial charge is 0.289 e. The van der Waals surface area contributed by atoms with Crippen LogP contribution in [-0.4, -0.2) is 41.9 Å². The van der Waals surface area contributed by atoms with Crippen LogP contribution in [-0.2, 0) is 13.2 Å². The monoisotopic (exact) mass is 462 g/mol. The normalized spacial score (nSPS) is 14.6. The van der Waals surface area contributed by atoms with Crippen molar-refractivity contribution >= 4 is 29.1 Å². The highest BCUT2D eigenvalue weighted by molar-refractivity contribution is 6.31. The minimum Gasteiger partial charge on any atom is -0.486 e. The van der Waals surface area contributed by atoms with Gasteiger partial charge in [0.1, 0.15) is 23.9 Å². The van der Waals surface area contributed by atoms with Gasteiger partial charge in [0.25, 0.3) is 5.91 Å². The summed E-state index contributed by atoms with van der Waals surface area (Å²) >= 11 is 12.0. The van der Waals surface area contributed by atoms with Gasteiger partial charge in [0.2, 0.25) is 0 Å². The zero-order valence-corrected chi connectivity index (χ0v) is 18.2. The number of piperazine rings is 1. The zero-order valence-electron chi connectivity index (χ0n) is 16.7. The highest BCUT2D eigenvalue weighted by atomic mass is 35.5.